The van der Waals surface area contributed by atoms with Crippen molar-refractivity contribution in [2.24, 2.45) is 0 Å². The molecule has 2 aromatic heterocycles. The molecule has 0 aliphatic heterocycles. The van der Waals surface area contributed by atoms with Crippen LogP contribution in [0.1, 0.15) is 34.4 Å². The fourth-order valence-corrected chi connectivity index (χ4v) is 3.85. The predicted octanol–water partition coefficient (Wildman–Crippen LogP) is 6.99. The molecule has 0 bridgehead atoms. The van der Waals surface area contributed by atoms with E-state index in [4.69, 9.17) is 32.4 Å². The topological polar surface area (TPSA) is 69.3 Å². The first-order valence-electron chi connectivity index (χ1n) is 10.2. The molecule has 0 aliphatic rings. The first-order valence-corrected chi connectivity index (χ1v) is 11.7. The maximum absolute atomic E-state index is 12.6. The summed E-state index contributed by atoms with van der Waals surface area (Å²) in [5.41, 5.74) is 2.17. The molecule has 0 spiro atoms. The molecule has 6 nitrogen and oxygen atoms in total. The zero-order valence-electron chi connectivity index (χ0n) is 17.6. The van der Waals surface area contributed by atoms with Crippen molar-refractivity contribution in [3.63, 3.8) is 0 Å². The molecule has 9 heteroatoms. The van der Waals surface area contributed by atoms with E-state index in [2.05, 4.69) is 33.3 Å². The zero-order valence-corrected chi connectivity index (χ0v) is 20.7. The molecule has 1 amide bonds. The van der Waals surface area contributed by atoms with Gasteiger partial charge in [-0.05, 0) is 69.9 Å². The van der Waals surface area contributed by atoms with Crippen LogP contribution in [-0.4, -0.2) is 15.7 Å². The van der Waals surface area contributed by atoms with E-state index >= 15 is 0 Å². The average Bonchev–Trinajstić information content (AvgIpc) is 3.42. The monoisotopic (exact) mass is 547 g/mol. The van der Waals surface area contributed by atoms with E-state index in [-0.39, 0.29) is 12.4 Å². The summed E-state index contributed by atoms with van der Waals surface area (Å²) in [7, 11) is 0. The highest BCUT2D eigenvalue weighted by Crippen LogP contribution is 2.25. The third-order valence-corrected chi connectivity index (χ3v) is 6.20. The molecule has 0 unspecified atom stereocenters. The fraction of sp³-hybridized carbons (Fsp3) is 0.167. The second-order valence-corrected chi connectivity index (χ2v) is 8.95. The lowest BCUT2D eigenvalue weighted by molar-refractivity contribution is 0.0992. The summed E-state index contributed by atoms with van der Waals surface area (Å²) >= 11 is 15.5. The second-order valence-electron chi connectivity index (χ2n) is 7.28. The van der Waals surface area contributed by atoms with E-state index in [1.54, 1.807) is 35.1 Å². The molecule has 0 atom stereocenters. The standard InChI is InChI=1S/C24H20BrCl2N3O3/c1-2-15-3-6-17(7-4-15)32-14-18-8-10-22(33-18)24(31)28-23-19(25)13-30(29-23)12-16-5-9-20(26)21(27)11-16/h3-11,13H,2,12,14H2,1H3,(H,28,29,31). The van der Waals surface area contributed by atoms with Gasteiger partial charge < -0.3 is 14.5 Å². The molecule has 170 valence electrons. The number of ether oxygens (including phenoxy) is 1. The summed E-state index contributed by atoms with van der Waals surface area (Å²) in [4.78, 5) is 12.6. The molecule has 0 aliphatic carbocycles. The van der Waals surface area contributed by atoms with E-state index in [1.165, 1.54) is 5.56 Å². The van der Waals surface area contributed by atoms with Gasteiger partial charge in [-0.15, -0.1) is 0 Å². The summed E-state index contributed by atoms with van der Waals surface area (Å²) in [6, 6.07) is 16.6. The largest absolute Gasteiger partial charge is 0.486 e. The van der Waals surface area contributed by atoms with Gasteiger partial charge in [0, 0.05) is 6.20 Å². The maximum atomic E-state index is 12.6. The van der Waals surface area contributed by atoms with Gasteiger partial charge in [0.2, 0.25) is 0 Å². The van der Waals surface area contributed by atoms with Crippen LogP contribution in [0.25, 0.3) is 0 Å². The van der Waals surface area contributed by atoms with E-state index < -0.39 is 5.91 Å². The summed E-state index contributed by atoms with van der Waals surface area (Å²) in [6.45, 7) is 2.79. The minimum Gasteiger partial charge on any atom is -0.486 e. The predicted molar refractivity (Wildman–Crippen MR) is 132 cm³/mol. The number of nitrogens with zero attached hydrogens (tertiary/aromatic N) is 2. The second kappa shape index (κ2) is 10.5. The van der Waals surface area contributed by atoms with Crippen molar-refractivity contribution in [1.29, 1.82) is 0 Å². The third-order valence-electron chi connectivity index (χ3n) is 4.88. The van der Waals surface area contributed by atoms with Crippen molar-refractivity contribution >= 4 is 50.9 Å². The Bertz CT molecular complexity index is 1270. The Balaban J connectivity index is 1.36. The zero-order chi connectivity index (χ0) is 23.4. The quantitative estimate of drug-likeness (QED) is 0.257. The number of hydrogen-bond acceptors (Lipinski definition) is 4. The van der Waals surface area contributed by atoms with Crippen LogP contribution in [0.2, 0.25) is 10.0 Å². The SMILES string of the molecule is CCc1ccc(OCc2ccc(C(=O)Nc3nn(Cc4ccc(Cl)c(Cl)c4)cc3Br)o2)cc1. The van der Waals surface area contributed by atoms with Crippen LogP contribution in [0.4, 0.5) is 5.82 Å². The third kappa shape index (κ3) is 5.99. The van der Waals surface area contributed by atoms with Crippen molar-refractivity contribution in [3.05, 3.63) is 98.0 Å². The number of aryl methyl sites for hydroxylation is 1. The highest BCUT2D eigenvalue weighted by Gasteiger charge is 2.16. The van der Waals surface area contributed by atoms with Crippen molar-refractivity contribution in [3.8, 4) is 5.75 Å². The lowest BCUT2D eigenvalue weighted by atomic mass is 10.2. The van der Waals surface area contributed by atoms with Gasteiger partial charge in [-0.25, -0.2) is 0 Å². The number of furan rings is 1. The van der Waals surface area contributed by atoms with Crippen LogP contribution in [-0.2, 0) is 19.6 Å². The number of carbonyl (C=O) groups is 1. The van der Waals surface area contributed by atoms with Crippen molar-refractivity contribution < 1.29 is 13.9 Å². The number of benzene rings is 2. The van der Waals surface area contributed by atoms with Gasteiger partial charge in [0.1, 0.15) is 18.1 Å². The lowest BCUT2D eigenvalue weighted by Crippen LogP contribution is -2.12. The molecule has 2 aromatic carbocycles. The number of amides is 1. The van der Waals surface area contributed by atoms with Crippen molar-refractivity contribution in [2.75, 3.05) is 5.32 Å². The number of halogens is 3. The van der Waals surface area contributed by atoms with Crippen LogP contribution in [0.5, 0.6) is 5.75 Å². The molecule has 0 fully saturated rings. The number of nitrogens with one attached hydrogen (secondary N) is 1. The van der Waals surface area contributed by atoms with E-state index in [9.17, 15) is 4.79 Å². The molecule has 4 aromatic rings. The molecule has 4 rings (SSSR count). The molecule has 0 saturated carbocycles. The maximum Gasteiger partial charge on any atom is 0.292 e. The van der Waals surface area contributed by atoms with Crippen LogP contribution in [0, 0.1) is 0 Å². The van der Waals surface area contributed by atoms with Gasteiger partial charge in [0.15, 0.2) is 11.6 Å². The normalized spacial score (nSPS) is 10.9. The van der Waals surface area contributed by atoms with Gasteiger partial charge in [-0.2, -0.15) is 5.10 Å². The summed E-state index contributed by atoms with van der Waals surface area (Å²) in [5.74, 6) is 1.43. The fourth-order valence-electron chi connectivity index (χ4n) is 3.11. The molecule has 2 heterocycles. The number of aromatic nitrogens is 2. The van der Waals surface area contributed by atoms with E-state index in [0.717, 1.165) is 17.7 Å². The Morgan fingerprint density at radius 3 is 2.58 bits per heavy atom. The molecule has 33 heavy (non-hydrogen) atoms. The Hall–Kier alpha value is -2.74. The highest BCUT2D eigenvalue weighted by molar-refractivity contribution is 9.10. The molecular weight excluding hydrogens is 529 g/mol. The minimum absolute atomic E-state index is 0.167. The molecular formula is C24H20BrCl2N3O3. The van der Waals surface area contributed by atoms with Gasteiger partial charge >= 0.3 is 0 Å². The van der Waals surface area contributed by atoms with Crippen LogP contribution < -0.4 is 10.1 Å². The summed E-state index contributed by atoms with van der Waals surface area (Å²) in [6.07, 6.45) is 2.74. The van der Waals surface area contributed by atoms with Crippen LogP contribution in [0.3, 0.4) is 0 Å². The Labute approximate surface area is 209 Å². The van der Waals surface area contributed by atoms with Crippen molar-refractivity contribution in [2.45, 2.75) is 26.5 Å². The number of carbonyl (C=O) groups excluding carboxylic acids is 1. The molecule has 1 N–H and O–H groups in total. The average molecular weight is 549 g/mol. The summed E-state index contributed by atoms with van der Waals surface area (Å²) in [5, 5.41) is 8.14. The van der Waals surface area contributed by atoms with Crippen LogP contribution >= 0.6 is 39.1 Å². The number of hydrogen-bond donors (Lipinski definition) is 1. The Morgan fingerprint density at radius 2 is 1.85 bits per heavy atom. The van der Waals surface area contributed by atoms with E-state index in [0.29, 0.717) is 32.6 Å². The van der Waals surface area contributed by atoms with Crippen molar-refractivity contribution in [1.82, 2.24) is 9.78 Å². The number of rotatable bonds is 8. The smallest absolute Gasteiger partial charge is 0.292 e. The Kier molecular flexibility index (Phi) is 7.42. The Morgan fingerprint density at radius 1 is 1.09 bits per heavy atom. The minimum atomic E-state index is -0.408. The van der Waals surface area contributed by atoms with Crippen LogP contribution in [0.15, 0.2) is 69.7 Å². The summed E-state index contributed by atoms with van der Waals surface area (Å²) < 4.78 is 13.7. The molecule has 0 saturated heterocycles. The van der Waals surface area contributed by atoms with E-state index in [1.807, 2.05) is 30.3 Å². The first kappa shape index (κ1) is 23.4. The highest BCUT2D eigenvalue weighted by atomic mass is 79.9. The number of anilines is 1. The first-order chi connectivity index (χ1) is 15.9. The van der Waals surface area contributed by atoms with Gasteiger partial charge in [0.25, 0.3) is 5.91 Å². The van der Waals surface area contributed by atoms with Gasteiger partial charge in [-0.1, -0.05) is 48.3 Å². The van der Waals surface area contributed by atoms with Gasteiger partial charge in [-0.3, -0.25) is 9.48 Å². The molecule has 0 radical (unpaired) electrons. The van der Waals surface area contributed by atoms with Gasteiger partial charge in [0.05, 0.1) is 21.1 Å². The lowest BCUT2D eigenvalue weighted by Gasteiger charge is -2.05.